The lowest BCUT2D eigenvalue weighted by atomic mass is 9.95. The number of ether oxygens (including phenoxy) is 1. The molecule has 1 heterocycles. The van der Waals surface area contributed by atoms with E-state index in [0.29, 0.717) is 10.9 Å². The highest BCUT2D eigenvalue weighted by molar-refractivity contribution is 6.33. The minimum atomic E-state index is 0.149. The molecule has 0 aromatic heterocycles. The molecule has 0 N–H and O–H groups in total. The highest BCUT2D eigenvalue weighted by Gasteiger charge is 2.31. The van der Waals surface area contributed by atoms with Crippen LogP contribution in [0.25, 0.3) is 0 Å². The smallest absolute Gasteiger partial charge is 0.118 e. The van der Waals surface area contributed by atoms with E-state index >= 15 is 0 Å². The van der Waals surface area contributed by atoms with E-state index in [9.17, 15) is 0 Å². The van der Waals surface area contributed by atoms with Crippen LogP contribution in [-0.4, -0.2) is 13.3 Å². The summed E-state index contributed by atoms with van der Waals surface area (Å²) in [5, 5.41) is 7.25. The van der Waals surface area contributed by atoms with Crippen LogP contribution in [0.5, 0.6) is 5.75 Å². The van der Waals surface area contributed by atoms with Gasteiger partial charge in [0.25, 0.3) is 0 Å². The largest absolute Gasteiger partial charge is 0.497 e. The number of hydrazone groups is 1. The summed E-state index contributed by atoms with van der Waals surface area (Å²) in [4.78, 5) is 0. The number of hydrogen-bond donors (Lipinski definition) is 0. The summed E-state index contributed by atoms with van der Waals surface area (Å²) in [5.74, 6) is 1.17. The highest BCUT2D eigenvalue weighted by Crippen LogP contribution is 2.39. The van der Waals surface area contributed by atoms with E-state index in [0.717, 1.165) is 11.4 Å². The Morgan fingerprint density at radius 2 is 1.81 bits per heavy atom. The SMILES string of the molecule is COc1ccc([C@H]2[C@H](C)C=NN2c2ccccc2Cl)cc1. The fraction of sp³-hybridized carbons (Fsp3) is 0.235. The Bertz CT molecular complexity index is 654. The molecule has 4 heteroatoms. The fourth-order valence-electron chi connectivity index (χ4n) is 2.65. The maximum Gasteiger partial charge on any atom is 0.118 e. The summed E-state index contributed by atoms with van der Waals surface area (Å²) in [7, 11) is 1.67. The van der Waals surface area contributed by atoms with Crippen molar-refractivity contribution in [3.05, 3.63) is 59.1 Å². The molecule has 0 amide bonds. The van der Waals surface area contributed by atoms with Gasteiger partial charge in [0, 0.05) is 12.1 Å². The predicted octanol–water partition coefficient (Wildman–Crippen LogP) is 4.53. The number of hydrogen-bond acceptors (Lipinski definition) is 3. The topological polar surface area (TPSA) is 24.8 Å². The molecule has 0 unspecified atom stereocenters. The second-order valence-electron chi connectivity index (χ2n) is 5.14. The highest BCUT2D eigenvalue weighted by atomic mass is 35.5. The summed E-state index contributed by atoms with van der Waals surface area (Å²) < 4.78 is 5.22. The molecule has 3 rings (SSSR count). The van der Waals surface area contributed by atoms with Crippen LogP contribution in [0.3, 0.4) is 0 Å². The molecular weight excluding hydrogens is 284 g/mol. The van der Waals surface area contributed by atoms with Crippen LogP contribution >= 0.6 is 11.6 Å². The second-order valence-corrected chi connectivity index (χ2v) is 5.54. The fourth-order valence-corrected chi connectivity index (χ4v) is 2.87. The lowest BCUT2D eigenvalue weighted by Crippen LogP contribution is -2.23. The number of para-hydroxylation sites is 1. The quantitative estimate of drug-likeness (QED) is 0.832. The lowest BCUT2D eigenvalue weighted by molar-refractivity contribution is 0.414. The Hall–Kier alpha value is -2.00. The molecule has 108 valence electrons. The van der Waals surface area contributed by atoms with Crippen molar-refractivity contribution >= 4 is 23.5 Å². The third-order valence-corrected chi connectivity index (χ3v) is 4.06. The first kappa shape index (κ1) is 14.0. The van der Waals surface area contributed by atoms with E-state index in [-0.39, 0.29) is 6.04 Å². The number of rotatable bonds is 3. The molecule has 21 heavy (non-hydrogen) atoms. The molecule has 2 atom stereocenters. The summed E-state index contributed by atoms with van der Waals surface area (Å²) in [5.41, 5.74) is 2.13. The molecule has 0 aliphatic carbocycles. The number of halogens is 1. The van der Waals surface area contributed by atoms with Crippen LogP contribution in [0.4, 0.5) is 5.69 Å². The first-order valence-electron chi connectivity index (χ1n) is 6.92. The van der Waals surface area contributed by atoms with Crippen molar-refractivity contribution in [1.82, 2.24) is 0 Å². The molecule has 0 saturated carbocycles. The Kier molecular flexibility index (Phi) is 3.84. The van der Waals surface area contributed by atoms with E-state index in [1.165, 1.54) is 5.56 Å². The summed E-state index contributed by atoms with van der Waals surface area (Å²) in [6, 6.07) is 16.1. The van der Waals surface area contributed by atoms with Crippen LogP contribution < -0.4 is 9.75 Å². The van der Waals surface area contributed by atoms with E-state index < -0.39 is 0 Å². The molecule has 0 bridgehead atoms. The maximum absolute atomic E-state index is 6.32. The van der Waals surface area contributed by atoms with Gasteiger partial charge >= 0.3 is 0 Å². The predicted molar refractivity (Wildman–Crippen MR) is 87.3 cm³/mol. The molecule has 1 aliphatic rings. The van der Waals surface area contributed by atoms with Gasteiger partial charge in [-0.3, -0.25) is 5.01 Å². The Morgan fingerprint density at radius 3 is 2.48 bits per heavy atom. The summed E-state index contributed by atoms with van der Waals surface area (Å²) >= 11 is 6.32. The average Bonchev–Trinajstić information content (AvgIpc) is 2.89. The molecular formula is C17H17ClN2O. The minimum absolute atomic E-state index is 0.149. The molecule has 1 aliphatic heterocycles. The van der Waals surface area contributed by atoms with Crippen LogP contribution in [0.2, 0.25) is 5.02 Å². The molecule has 2 aromatic rings. The average molecular weight is 301 g/mol. The van der Waals surface area contributed by atoms with Crippen molar-refractivity contribution in [1.29, 1.82) is 0 Å². The van der Waals surface area contributed by atoms with E-state index in [1.807, 2.05) is 47.6 Å². The van der Waals surface area contributed by atoms with E-state index in [1.54, 1.807) is 7.11 Å². The van der Waals surface area contributed by atoms with Gasteiger partial charge in [-0.15, -0.1) is 0 Å². The second kappa shape index (κ2) is 5.78. The normalized spacial score (nSPS) is 20.8. The maximum atomic E-state index is 6.32. The lowest BCUT2D eigenvalue weighted by Gasteiger charge is -2.27. The van der Waals surface area contributed by atoms with Gasteiger partial charge in [-0.05, 0) is 29.8 Å². The van der Waals surface area contributed by atoms with Crippen molar-refractivity contribution in [3.8, 4) is 5.75 Å². The van der Waals surface area contributed by atoms with Crippen molar-refractivity contribution in [2.24, 2.45) is 11.0 Å². The van der Waals surface area contributed by atoms with Crippen LogP contribution in [-0.2, 0) is 0 Å². The zero-order valence-electron chi connectivity index (χ0n) is 12.0. The molecule has 0 spiro atoms. The third-order valence-electron chi connectivity index (χ3n) is 3.74. The molecule has 2 aromatic carbocycles. The molecule has 0 saturated heterocycles. The van der Waals surface area contributed by atoms with Gasteiger partial charge < -0.3 is 4.74 Å². The Labute approximate surface area is 129 Å². The van der Waals surface area contributed by atoms with Crippen molar-refractivity contribution < 1.29 is 4.74 Å². The minimum Gasteiger partial charge on any atom is -0.497 e. The van der Waals surface area contributed by atoms with Gasteiger partial charge in [0.2, 0.25) is 0 Å². The van der Waals surface area contributed by atoms with Crippen LogP contribution in [0, 0.1) is 5.92 Å². The van der Waals surface area contributed by atoms with Crippen molar-refractivity contribution in [2.75, 3.05) is 12.1 Å². The monoisotopic (exact) mass is 300 g/mol. The van der Waals surface area contributed by atoms with Gasteiger partial charge in [0.15, 0.2) is 0 Å². The standard InChI is InChI=1S/C17H17ClN2O/c1-12-11-19-20(16-6-4-3-5-15(16)18)17(12)13-7-9-14(21-2)10-8-13/h3-12,17H,1-2H3/t12-,17-/m1/s1. The molecule has 3 nitrogen and oxygen atoms in total. The van der Waals surface area contributed by atoms with E-state index in [2.05, 4.69) is 24.2 Å². The number of methoxy groups -OCH3 is 1. The van der Waals surface area contributed by atoms with Gasteiger partial charge in [-0.2, -0.15) is 5.10 Å². The van der Waals surface area contributed by atoms with Crippen LogP contribution in [0.15, 0.2) is 53.6 Å². The molecule has 0 radical (unpaired) electrons. The summed E-state index contributed by atoms with van der Waals surface area (Å²) in [6.07, 6.45) is 1.97. The Morgan fingerprint density at radius 1 is 1.10 bits per heavy atom. The number of anilines is 1. The number of benzene rings is 2. The van der Waals surface area contributed by atoms with E-state index in [4.69, 9.17) is 16.3 Å². The van der Waals surface area contributed by atoms with Gasteiger partial charge in [0.1, 0.15) is 5.75 Å². The van der Waals surface area contributed by atoms with Crippen LogP contribution in [0.1, 0.15) is 18.5 Å². The first-order valence-corrected chi connectivity index (χ1v) is 7.30. The molecule has 0 fully saturated rings. The summed E-state index contributed by atoms with van der Waals surface area (Å²) in [6.45, 7) is 2.16. The van der Waals surface area contributed by atoms with Gasteiger partial charge in [-0.25, -0.2) is 0 Å². The van der Waals surface area contributed by atoms with Gasteiger partial charge in [-0.1, -0.05) is 42.8 Å². The van der Waals surface area contributed by atoms with Crippen molar-refractivity contribution in [3.63, 3.8) is 0 Å². The third kappa shape index (κ3) is 2.61. The van der Waals surface area contributed by atoms with Gasteiger partial charge in [0.05, 0.1) is 23.9 Å². The zero-order chi connectivity index (χ0) is 14.8. The Balaban J connectivity index is 1.97. The van der Waals surface area contributed by atoms with Crippen molar-refractivity contribution in [2.45, 2.75) is 13.0 Å². The zero-order valence-corrected chi connectivity index (χ0v) is 12.8. The first-order chi connectivity index (χ1) is 10.2. The number of nitrogens with zero attached hydrogens (tertiary/aromatic N) is 2.